The number of aromatic hydroxyl groups is 1. The van der Waals surface area contributed by atoms with Gasteiger partial charge in [0.25, 0.3) is 5.91 Å². The number of ketones is 2. The summed E-state index contributed by atoms with van der Waals surface area (Å²) in [4.78, 5) is 74.5. The fourth-order valence-electron chi connectivity index (χ4n) is 6.16. The molecule has 0 aromatic heterocycles. The fraction of sp³-hybridized carbons (Fsp3) is 0.409. The minimum Gasteiger partial charge on any atom is -0.508 e. The van der Waals surface area contributed by atoms with Crippen LogP contribution in [0.25, 0.3) is 5.76 Å². The molecule has 4 aliphatic rings. The normalized spacial score (nSPS) is 40.5. The molecule has 22 nitrogen and oxygen atoms in total. The van der Waals surface area contributed by atoms with Gasteiger partial charge < -0.3 is 50.8 Å². The summed E-state index contributed by atoms with van der Waals surface area (Å²) in [6.07, 6.45) is -1.59. The number of aliphatic hydroxyl groups is 4. The summed E-state index contributed by atoms with van der Waals surface area (Å²) in [6, 6.07) is 3.13. The summed E-state index contributed by atoms with van der Waals surface area (Å²) in [7, 11) is -18.9. The second kappa shape index (κ2) is 13.7. The predicted molar refractivity (Wildman–Crippen MR) is 154 cm³/mol. The molecule has 49 heavy (non-hydrogen) atoms. The van der Waals surface area contributed by atoms with E-state index in [1.165, 1.54) is 25.1 Å². The number of fused-ring (bicyclic) bond motifs is 3. The zero-order valence-corrected chi connectivity index (χ0v) is 31.0. The van der Waals surface area contributed by atoms with Gasteiger partial charge in [0.15, 0.2) is 11.4 Å². The second-order valence-corrected chi connectivity index (χ2v) is 17.4. The maximum Gasteiger partial charge on any atom is 1.00 e. The van der Waals surface area contributed by atoms with Gasteiger partial charge in [0, 0.05) is 11.5 Å². The van der Waals surface area contributed by atoms with E-state index in [0.717, 1.165) is 0 Å². The maximum absolute atomic E-state index is 13.7. The van der Waals surface area contributed by atoms with Crippen molar-refractivity contribution in [2.45, 2.75) is 30.6 Å². The molecule has 1 saturated heterocycles. The Morgan fingerprint density at radius 3 is 1.76 bits per heavy atom. The van der Waals surface area contributed by atoms with Crippen molar-refractivity contribution in [3.05, 3.63) is 46.2 Å². The molecular formula is C22H28N2NaO20P4+. The molecule has 0 spiro atoms. The number of aliphatic hydroxyl groups excluding tert-OH is 3. The van der Waals surface area contributed by atoms with Crippen LogP contribution in [0.3, 0.4) is 0 Å². The van der Waals surface area contributed by atoms with Gasteiger partial charge in [-0.05, 0) is 31.6 Å². The maximum atomic E-state index is 13.7. The third-order valence-electron chi connectivity index (χ3n) is 7.82. The zero-order chi connectivity index (χ0) is 36.7. The molecule has 11 N–H and O–H groups in total. The first-order chi connectivity index (χ1) is 21.7. The summed E-state index contributed by atoms with van der Waals surface area (Å²) >= 11 is 0. The van der Waals surface area contributed by atoms with Crippen LogP contribution in [0.2, 0.25) is 0 Å². The van der Waals surface area contributed by atoms with Crippen molar-refractivity contribution in [2.24, 2.45) is 17.6 Å². The number of hydrogen-bond acceptors (Lipinski definition) is 17. The largest absolute Gasteiger partial charge is 1.00 e. The van der Waals surface area contributed by atoms with Gasteiger partial charge in [0.05, 0.1) is 23.6 Å². The molecule has 1 amide bonds. The topological polar surface area (TPSA) is 368 Å². The average Bonchev–Trinajstić information content (AvgIpc) is 2.87. The van der Waals surface area contributed by atoms with Gasteiger partial charge in [-0.25, -0.2) is 18.3 Å². The minimum atomic E-state index is -5.47. The van der Waals surface area contributed by atoms with E-state index in [1.807, 2.05) is 0 Å². The Labute approximate surface area is 297 Å². The molecule has 1 saturated carbocycles. The van der Waals surface area contributed by atoms with Crippen LogP contribution in [-0.4, -0.2) is 99.3 Å². The molecule has 2 fully saturated rings. The van der Waals surface area contributed by atoms with Crippen molar-refractivity contribution >= 4 is 54.5 Å². The van der Waals surface area contributed by atoms with Crippen molar-refractivity contribution < 1.29 is 125 Å². The number of carbonyl (C=O) groups is 3. The molecule has 1 heterocycles. The number of phosphoric acid groups is 4. The van der Waals surface area contributed by atoms with E-state index in [-0.39, 0.29) is 40.9 Å². The van der Waals surface area contributed by atoms with E-state index < -0.39 is 107 Å². The number of hydrogen-bond donors (Lipinski definition) is 10. The molecule has 5 rings (SSSR count). The molecule has 1 aliphatic heterocycles. The molecule has 0 radical (unpaired) electrons. The Balaban J connectivity index is 0.000000324. The van der Waals surface area contributed by atoms with E-state index in [9.17, 15) is 58.2 Å². The number of benzene rings is 1. The SMILES string of the molecule is C[C@H]1c2cccc(O)c2C(O)=C2C(=O)[C@]3(O)C(O)=C(C(N)=O)C(=O)[C@@H](N(C)C)[C@@H]3[C@@H](O)[C@@H]21.O=P1(O)OP(=O)(O)OP(=O)(O)OP(=O)(O)O1.[Na+]. The Kier molecular flexibility index (Phi) is 11.7. The molecule has 0 bridgehead atoms. The number of carbonyl (C=O) groups excluding carboxylic acids is 3. The van der Waals surface area contributed by atoms with Crippen LogP contribution in [-0.2, 0) is 49.9 Å². The van der Waals surface area contributed by atoms with Gasteiger partial charge in [-0.2, -0.15) is 17.2 Å². The van der Waals surface area contributed by atoms with Crippen molar-refractivity contribution in [3.8, 4) is 5.75 Å². The molecule has 1 aromatic rings. The fourth-order valence-corrected chi connectivity index (χ4v) is 11.9. The first-order valence-electron chi connectivity index (χ1n) is 13.0. The third kappa shape index (κ3) is 7.50. The van der Waals surface area contributed by atoms with Crippen molar-refractivity contribution in [1.82, 2.24) is 4.90 Å². The minimum absolute atomic E-state index is 0. The van der Waals surface area contributed by atoms with E-state index in [1.54, 1.807) is 19.1 Å². The van der Waals surface area contributed by atoms with Crippen LogP contribution in [0, 0.1) is 11.8 Å². The van der Waals surface area contributed by atoms with E-state index in [0.29, 0.717) is 5.56 Å². The van der Waals surface area contributed by atoms with Crippen LogP contribution >= 0.6 is 31.3 Å². The number of rotatable bonds is 2. The van der Waals surface area contributed by atoms with Gasteiger partial charge >= 0.3 is 60.8 Å². The quantitative estimate of drug-likeness (QED) is 0.0809. The van der Waals surface area contributed by atoms with E-state index in [4.69, 9.17) is 25.3 Å². The van der Waals surface area contributed by atoms with Crippen LogP contribution in [0.5, 0.6) is 5.75 Å². The summed E-state index contributed by atoms with van der Waals surface area (Å²) in [5, 5.41) is 54.9. The van der Waals surface area contributed by atoms with Gasteiger partial charge in [-0.1, -0.05) is 19.1 Å². The van der Waals surface area contributed by atoms with Crippen LogP contribution < -0.4 is 35.3 Å². The van der Waals surface area contributed by atoms with Crippen molar-refractivity contribution in [3.63, 3.8) is 0 Å². The standard InChI is InChI=1S/C22H24N2O8.Na.H4O12P4/c1-7-8-5-4-6-9(25)11(8)16(26)12-10(7)17(27)14-15(24(2)3)18(28)13(21(23)31)20(30)22(14,32)19(12)29;;1-13(2)9-14(3,4)11-16(7,8)12-15(5,6)10-13/h4-7,10,14-15,17,25-27,30,32H,1-3H3,(H2,23,31);;(H,1,2)(H,3,4)(H,5,6)(H,7,8)/q;+1;/t7-,10+,14+,15-,17-,22-;;/m0../s1. The number of primary amides is 1. The number of phenolic OH excluding ortho intramolecular Hbond substituents is 1. The number of likely N-dealkylation sites (N-methyl/N-ethyl adjacent to an activating group) is 1. The predicted octanol–water partition coefficient (Wildman–Crippen LogP) is -3.03. The van der Waals surface area contributed by atoms with Crippen LogP contribution in [0.15, 0.2) is 35.1 Å². The summed E-state index contributed by atoms with van der Waals surface area (Å²) < 4.78 is 56.5. The number of amides is 1. The Hall–Kier alpha value is -1.61. The Morgan fingerprint density at radius 1 is 0.898 bits per heavy atom. The molecule has 0 unspecified atom stereocenters. The molecular weight excluding hydrogens is 759 g/mol. The zero-order valence-electron chi connectivity index (χ0n) is 25.4. The number of nitrogens with two attached hydrogens (primary N) is 1. The van der Waals surface area contributed by atoms with Gasteiger partial charge in [0.2, 0.25) is 5.78 Å². The molecule has 27 heteroatoms. The molecule has 266 valence electrons. The average molecular weight is 787 g/mol. The van der Waals surface area contributed by atoms with Gasteiger partial charge in [0.1, 0.15) is 22.8 Å². The number of nitrogens with zero attached hydrogens (tertiary/aromatic N) is 1. The van der Waals surface area contributed by atoms with Crippen molar-refractivity contribution in [1.29, 1.82) is 0 Å². The first-order valence-corrected chi connectivity index (χ1v) is 19.0. The first kappa shape index (κ1) is 41.8. The summed E-state index contributed by atoms with van der Waals surface area (Å²) in [6.45, 7) is 1.68. The third-order valence-corrected chi connectivity index (χ3v) is 14.4. The Morgan fingerprint density at radius 2 is 1.35 bits per heavy atom. The van der Waals surface area contributed by atoms with Crippen LogP contribution in [0.4, 0.5) is 0 Å². The monoisotopic (exact) mass is 787 g/mol. The van der Waals surface area contributed by atoms with E-state index >= 15 is 0 Å². The van der Waals surface area contributed by atoms with Crippen molar-refractivity contribution in [2.75, 3.05) is 14.1 Å². The number of Topliss-reactive ketones (excluding diaryl/α,β-unsaturated/α-hetero) is 2. The Bertz CT molecular complexity index is 1770. The summed E-state index contributed by atoms with van der Waals surface area (Å²) in [5.41, 5.74) is 1.47. The molecule has 1 aromatic carbocycles. The summed E-state index contributed by atoms with van der Waals surface area (Å²) in [5.74, 6) is -8.87. The van der Waals surface area contributed by atoms with Crippen LogP contribution in [0.1, 0.15) is 24.0 Å². The smallest absolute Gasteiger partial charge is 0.508 e. The second-order valence-electron chi connectivity index (χ2n) is 11.0. The van der Waals surface area contributed by atoms with E-state index in [2.05, 4.69) is 17.2 Å². The van der Waals surface area contributed by atoms with Gasteiger partial charge in [-0.15, -0.1) is 0 Å². The van der Waals surface area contributed by atoms with Gasteiger partial charge in [-0.3, -0.25) is 19.3 Å². The molecule has 6 atom stereocenters. The number of phenols is 1. The molecule has 3 aliphatic carbocycles.